The monoisotopic (exact) mass is 404 g/mol. The average Bonchev–Trinajstić information content (AvgIpc) is 2.78. The third-order valence-electron chi connectivity index (χ3n) is 5.98. The summed E-state index contributed by atoms with van der Waals surface area (Å²) < 4.78 is 11.4. The Labute approximate surface area is 175 Å². The third-order valence-corrected chi connectivity index (χ3v) is 5.98. The lowest BCUT2D eigenvalue weighted by atomic mass is 9.91. The molecule has 1 N–H and O–H groups in total. The van der Waals surface area contributed by atoms with E-state index in [0.717, 1.165) is 35.1 Å². The summed E-state index contributed by atoms with van der Waals surface area (Å²) in [5.74, 6) is 0.866. The first-order chi connectivity index (χ1) is 14.6. The van der Waals surface area contributed by atoms with Crippen molar-refractivity contribution in [2.75, 3.05) is 26.3 Å². The van der Waals surface area contributed by atoms with E-state index in [1.54, 1.807) is 18.3 Å². The second-order valence-corrected chi connectivity index (χ2v) is 8.04. The van der Waals surface area contributed by atoms with Crippen LogP contribution in [0.5, 0.6) is 5.75 Å². The minimum Gasteiger partial charge on any atom is -0.490 e. The van der Waals surface area contributed by atoms with Crippen LogP contribution in [0, 0.1) is 0 Å². The second kappa shape index (κ2) is 7.70. The van der Waals surface area contributed by atoms with E-state index in [4.69, 9.17) is 9.47 Å². The Morgan fingerprint density at radius 2 is 1.80 bits per heavy atom. The molecule has 0 atom stereocenters. The van der Waals surface area contributed by atoms with Crippen LogP contribution in [-0.2, 0) is 10.3 Å². The number of para-hydroxylation sites is 1. The molecule has 154 valence electrons. The van der Waals surface area contributed by atoms with Crippen LogP contribution in [0.4, 0.5) is 0 Å². The number of likely N-dealkylation sites (tertiary alicyclic amines) is 1. The van der Waals surface area contributed by atoms with Gasteiger partial charge in [0.2, 0.25) is 0 Å². The number of pyridine rings is 1. The number of aromatic nitrogens is 1. The Balaban J connectivity index is 1.21. The van der Waals surface area contributed by atoms with Gasteiger partial charge in [-0.05, 0) is 35.9 Å². The number of piperidine rings is 1. The molecule has 6 heteroatoms. The fourth-order valence-electron chi connectivity index (χ4n) is 4.10. The number of ether oxygens (including phenoxy) is 2. The smallest absolute Gasteiger partial charge is 0.253 e. The molecule has 0 unspecified atom stereocenters. The van der Waals surface area contributed by atoms with Crippen molar-refractivity contribution in [2.45, 2.75) is 24.5 Å². The van der Waals surface area contributed by atoms with Crippen LogP contribution in [0.1, 0.15) is 28.8 Å². The van der Waals surface area contributed by atoms with Crippen molar-refractivity contribution in [1.29, 1.82) is 0 Å². The highest BCUT2D eigenvalue weighted by Crippen LogP contribution is 2.30. The van der Waals surface area contributed by atoms with E-state index < -0.39 is 5.60 Å². The number of nitrogens with zero attached hydrogens (tertiary/aromatic N) is 2. The molecular formula is C24H24N2O4. The Morgan fingerprint density at radius 1 is 1.07 bits per heavy atom. The maximum absolute atomic E-state index is 12.9. The first-order valence-electron chi connectivity index (χ1n) is 10.3. The number of rotatable bonds is 4. The largest absolute Gasteiger partial charge is 0.490 e. The molecule has 6 nitrogen and oxygen atoms in total. The van der Waals surface area contributed by atoms with Crippen LogP contribution >= 0.6 is 0 Å². The molecule has 3 aromatic rings. The quantitative estimate of drug-likeness (QED) is 0.723. The maximum atomic E-state index is 12.9. The predicted molar refractivity (Wildman–Crippen MR) is 112 cm³/mol. The van der Waals surface area contributed by atoms with Crippen LogP contribution in [-0.4, -0.2) is 53.3 Å². The third kappa shape index (κ3) is 3.53. The molecule has 5 rings (SSSR count). The minimum absolute atomic E-state index is 0.0196. The zero-order chi connectivity index (χ0) is 20.6. The van der Waals surface area contributed by atoms with E-state index in [2.05, 4.69) is 4.98 Å². The molecule has 2 aromatic carbocycles. The highest BCUT2D eigenvalue weighted by Gasteiger charge is 2.38. The molecule has 1 amide bonds. The van der Waals surface area contributed by atoms with Gasteiger partial charge in [-0.15, -0.1) is 0 Å². The molecule has 0 saturated carbocycles. The van der Waals surface area contributed by atoms with Gasteiger partial charge in [-0.1, -0.05) is 24.3 Å². The van der Waals surface area contributed by atoms with Gasteiger partial charge in [0.15, 0.2) is 0 Å². The molecule has 30 heavy (non-hydrogen) atoms. The van der Waals surface area contributed by atoms with Crippen LogP contribution in [0.25, 0.3) is 10.9 Å². The normalized spacial score (nSPS) is 18.8. The number of hydrogen-bond acceptors (Lipinski definition) is 5. The summed E-state index contributed by atoms with van der Waals surface area (Å²) in [6.45, 7) is 1.93. The lowest BCUT2D eigenvalue weighted by Gasteiger charge is -2.37. The summed E-state index contributed by atoms with van der Waals surface area (Å²) in [6.07, 6.45) is 3.43. The Bertz CT molecular complexity index is 1050. The van der Waals surface area contributed by atoms with E-state index >= 15 is 0 Å². The molecule has 2 aliphatic heterocycles. The molecule has 1 aromatic heterocycles. The fourth-order valence-corrected chi connectivity index (χ4v) is 4.10. The van der Waals surface area contributed by atoms with Crippen LogP contribution in [0.3, 0.4) is 0 Å². The second-order valence-electron chi connectivity index (χ2n) is 8.04. The van der Waals surface area contributed by atoms with Crippen molar-refractivity contribution >= 4 is 16.8 Å². The topological polar surface area (TPSA) is 71.9 Å². The molecular weight excluding hydrogens is 380 g/mol. The van der Waals surface area contributed by atoms with Crippen LogP contribution in [0.2, 0.25) is 0 Å². The van der Waals surface area contributed by atoms with Gasteiger partial charge < -0.3 is 19.5 Å². The summed E-state index contributed by atoms with van der Waals surface area (Å²) in [6, 6.07) is 17.1. The average molecular weight is 404 g/mol. The molecule has 0 bridgehead atoms. The van der Waals surface area contributed by atoms with Gasteiger partial charge in [0.1, 0.15) is 17.5 Å². The van der Waals surface area contributed by atoms with Crippen molar-refractivity contribution in [3.63, 3.8) is 0 Å². The SMILES string of the molecule is O=C(c1ccc(C2(O)COC2)cc1)N1CCC(Oc2ccnc3ccccc23)CC1. The Morgan fingerprint density at radius 3 is 2.50 bits per heavy atom. The van der Waals surface area contributed by atoms with E-state index in [9.17, 15) is 9.90 Å². The van der Waals surface area contributed by atoms with Gasteiger partial charge in [-0.3, -0.25) is 9.78 Å². The van der Waals surface area contributed by atoms with E-state index in [1.807, 2.05) is 47.4 Å². The van der Waals surface area contributed by atoms with Crippen molar-refractivity contribution in [2.24, 2.45) is 0 Å². The van der Waals surface area contributed by atoms with E-state index in [-0.39, 0.29) is 12.0 Å². The predicted octanol–water partition coefficient (Wildman–Crippen LogP) is 3.14. The molecule has 0 spiro atoms. The fraction of sp³-hybridized carbons (Fsp3) is 0.333. The van der Waals surface area contributed by atoms with Gasteiger partial charge >= 0.3 is 0 Å². The standard InChI is InChI=1S/C24H24N2O4/c27-23(17-5-7-18(8-6-17)24(28)15-29-16-24)26-13-10-19(11-14-26)30-22-9-12-25-21-4-2-1-3-20(21)22/h1-9,12,19,28H,10-11,13-16H2. The molecule has 2 saturated heterocycles. The Hall–Kier alpha value is -2.96. The zero-order valence-electron chi connectivity index (χ0n) is 16.7. The van der Waals surface area contributed by atoms with Gasteiger partial charge in [0.25, 0.3) is 5.91 Å². The molecule has 0 aliphatic carbocycles. The first-order valence-corrected chi connectivity index (χ1v) is 10.3. The number of carbonyl (C=O) groups is 1. The highest BCUT2D eigenvalue weighted by molar-refractivity contribution is 5.94. The lowest BCUT2D eigenvalue weighted by Crippen LogP contribution is -2.46. The lowest BCUT2D eigenvalue weighted by molar-refractivity contribution is -0.184. The first kappa shape index (κ1) is 19.0. The van der Waals surface area contributed by atoms with Gasteiger partial charge in [-0.25, -0.2) is 0 Å². The van der Waals surface area contributed by atoms with Crippen molar-refractivity contribution in [3.8, 4) is 5.75 Å². The molecule has 2 fully saturated rings. The molecule has 3 heterocycles. The van der Waals surface area contributed by atoms with E-state index in [1.165, 1.54) is 0 Å². The Kier molecular flexibility index (Phi) is 4.89. The number of amides is 1. The van der Waals surface area contributed by atoms with Crippen LogP contribution in [0.15, 0.2) is 60.8 Å². The van der Waals surface area contributed by atoms with Crippen molar-refractivity contribution < 1.29 is 19.4 Å². The summed E-state index contributed by atoms with van der Waals surface area (Å²) in [7, 11) is 0. The molecule has 0 radical (unpaired) electrons. The number of benzene rings is 2. The number of hydrogen-bond donors (Lipinski definition) is 1. The molecule has 2 aliphatic rings. The van der Waals surface area contributed by atoms with Crippen LogP contribution < -0.4 is 4.74 Å². The van der Waals surface area contributed by atoms with E-state index in [0.29, 0.717) is 31.9 Å². The number of carbonyl (C=O) groups excluding carboxylic acids is 1. The summed E-state index contributed by atoms with van der Waals surface area (Å²) >= 11 is 0. The van der Waals surface area contributed by atoms with Gasteiger partial charge in [0.05, 0.1) is 18.7 Å². The van der Waals surface area contributed by atoms with Crippen molar-refractivity contribution in [3.05, 3.63) is 71.9 Å². The summed E-state index contributed by atoms with van der Waals surface area (Å²) in [5.41, 5.74) is 1.45. The van der Waals surface area contributed by atoms with Crippen molar-refractivity contribution in [1.82, 2.24) is 9.88 Å². The van der Waals surface area contributed by atoms with Gasteiger partial charge in [-0.2, -0.15) is 0 Å². The minimum atomic E-state index is -0.908. The highest BCUT2D eigenvalue weighted by atomic mass is 16.5. The van der Waals surface area contributed by atoms with Gasteiger partial charge in [0, 0.05) is 43.1 Å². The maximum Gasteiger partial charge on any atom is 0.253 e. The summed E-state index contributed by atoms with van der Waals surface area (Å²) in [5, 5.41) is 11.3. The zero-order valence-corrected chi connectivity index (χ0v) is 16.7. The number of aliphatic hydroxyl groups is 1. The summed E-state index contributed by atoms with van der Waals surface area (Å²) in [4.78, 5) is 19.1. The number of fused-ring (bicyclic) bond motifs is 1.